The molecule has 0 fully saturated rings. The van der Waals surface area contributed by atoms with Crippen LogP contribution in [0.4, 0.5) is 5.69 Å². The Morgan fingerprint density at radius 2 is 2.32 bits per heavy atom. The van der Waals surface area contributed by atoms with Gasteiger partial charge in [0.05, 0.1) is 11.5 Å². The summed E-state index contributed by atoms with van der Waals surface area (Å²) in [6.07, 6.45) is 1.32. The van der Waals surface area contributed by atoms with E-state index < -0.39 is 10.8 Å². The highest BCUT2D eigenvalue weighted by Gasteiger charge is 2.19. The Morgan fingerprint density at radius 3 is 2.95 bits per heavy atom. The Bertz CT molecular complexity index is 609. The maximum atomic E-state index is 11.9. The minimum atomic E-state index is -0.581. The summed E-state index contributed by atoms with van der Waals surface area (Å²) in [6.45, 7) is 1.89. The van der Waals surface area contributed by atoms with Crippen molar-refractivity contribution in [1.29, 1.82) is 0 Å². The summed E-state index contributed by atoms with van der Waals surface area (Å²) >= 11 is 0. The zero-order valence-corrected chi connectivity index (χ0v) is 10.1. The number of hydrogen-bond donors (Lipinski definition) is 2. The second-order valence-corrected chi connectivity index (χ2v) is 3.89. The third-order valence-electron chi connectivity index (χ3n) is 2.47. The fourth-order valence-electron chi connectivity index (χ4n) is 1.57. The minimum absolute atomic E-state index is 0.0320. The largest absolute Gasteiger partial charge is 0.345 e. The normalized spacial score (nSPS) is 10.2. The molecule has 0 saturated heterocycles. The first-order valence-corrected chi connectivity index (χ1v) is 5.45. The molecule has 8 heteroatoms. The molecule has 8 nitrogen and oxygen atoms in total. The van der Waals surface area contributed by atoms with Gasteiger partial charge in [-0.25, -0.2) is 4.98 Å². The fourth-order valence-corrected chi connectivity index (χ4v) is 1.57. The molecule has 1 aromatic heterocycles. The number of nitrogens with one attached hydrogen (secondary N) is 2. The summed E-state index contributed by atoms with van der Waals surface area (Å²) in [5.41, 5.74) is 0.584. The van der Waals surface area contributed by atoms with Crippen LogP contribution in [0, 0.1) is 17.0 Å². The summed E-state index contributed by atoms with van der Waals surface area (Å²) in [7, 11) is 0. The van der Waals surface area contributed by atoms with Gasteiger partial charge < -0.3 is 5.32 Å². The van der Waals surface area contributed by atoms with Crippen molar-refractivity contribution in [2.45, 2.75) is 13.5 Å². The predicted molar refractivity (Wildman–Crippen MR) is 65.4 cm³/mol. The first kappa shape index (κ1) is 12.7. The number of benzene rings is 1. The molecule has 2 N–H and O–H groups in total. The summed E-state index contributed by atoms with van der Waals surface area (Å²) in [4.78, 5) is 26.1. The highest BCUT2D eigenvalue weighted by Crippen LogP contribution is 2.19. The highest BCUT2D eigenvalue weighted by molar-refractivity contribution is 5.98. The Hall–Kier alpha value is -2.77. The van der Waals surface area contributed by atoms with Gasteiger partial charge in [0.15, 0.2) is 0 Å². The molecule has 0 radical (unpaired) electrons. The molecule has 0 atom stereocenters. The van der Waals surface area contributed by atoms with Crippen molar-refractivity contribution in [2.24, 2.45) is 0 Å². The van der Waals surface area contributed by atoms with Gasteiger partial charge in [0.1, 0.15) is 17.7 Å². The van der Waals surface area contributed by atoms with E-state index in [0.29, 0.717) is 5.82 Å². The number of rotatable bonds is 4. The molecule has 2 rings (SSSR count). The smallest absolute Gasteiger partial charge is 0.282 e. The number of H-pyrrole nitrogens is 1. The summed E-state index contributed by atoms with van der Waals surface area (Å²) < 4.78 is 0. The topological polar surface area (TPSA) is 114 Å². The van der Waals surface area contributed by atoms with Crippen molar-refractivity contribution in [3.8, 4) is 0 Å². The lowest BCUT2D eigenvalue weighted by Crippen LogP contribution is -2.24. The van der Waals surface area contributed by atoms with Gasteiger partial charge >= 0.3 is 0 Å². The number of hydrogen-bond acceptors (Lipinski definition) is 5. The van der Waals surface area contributed by atoms with Crippen LogP contribution in [-0.4, -0.2) is 26.0 Å². The van der Waals surface area contributed by atoms with E-state index in [0.717, 1.165) is 5.56 Å². The SMILES string of the molecule is Cc1ccc([N+](=O)[O-])c(C(=O)NCc2ncn[nH]2)c1. The fraction of sp³-hybridized carbons (Fsp3) is 0.182. The highest BCUT2D eigenvalue weighted by atomic mass is 16.6. The van der Waals surface area contributed by atoms with Crippen LogP contribution < -0.4 is 5.32 Å². The molecule has 1 aromatic carbocycles. The zero-order valence-electron chi connectivity index (χ0n) is 10.1. The number of nitrogens with zero attached hydrogens (tertiary/aromatic N) is 3. The van der Waals surface area contributed by atoms with E-state index in [4.69, 9.17) is 0 Å². The quantitative estimate of drug-likeness (QED) is 0.628. The molecule has 0 unspecified atom stereocenters. The van der Waals surface area contributed by atoms with Gasteiger partial charge in [-0.2, -0.15) is 5.10 Å². The standard InChI is InChI=1S/C11H11N5O3/c1-7-2-3-9(16(18)19)8(4-7)11(17)12-5-10-13-6-14-15-10/h2-4,6H,5H2,1H3,(H,12,17)(H,13,14,15). The summed E-state index contributed by atoms with van der Waals surface area (Å²) in [5.74, 6) is -0.0459. The van der Waals surface area contributed by atoms with Gasteiger partial charge in [0.2, 0.25) is 0 Å². The number of nitro benzene ring substituents is 1. The van der Waals surface area contributed by atoms with Gasteiger partial charge in [0.25, 0.3) is 11.6 Å². The lowest BCUT2D eigenvalue weighted by molar-refractivity contribution is -0.385. The molecular formula is C11H11N5O3. The van der Waals surface area contributed by atoms with Crippen molar-refractivity contribution in [2.75, 3.05) is 0 Å². The van der Waals surface area contributed by atoms with Gasteiger partial charge in [-0.05, 0) is 18.6 Å². The number of carbonyl (C=O) groups is 1. The maximum Gasteiger partial charge on any atom is 0.282 e. The molecular weight excluding hydrogens is 250 g/mol. The van der Waals surface area contributed by atoms with E-state index in [1.165, 1.54) is 18.5 Å². The van der Waals surface area contributed by atoms with Crippen LogP contribution >= 0.6 is 0 Å². The van der Waals surface area contributed by atoms with Crippen molar-refractivity contribution < 1.29 is 9.72 Å². The number of carbonyl (C=O) groups excluding carboxylic acids is 1. The van der Waals surface area contributed by atoms with Gasteiger partial charge in [-0.15, -0.1) is 0 Å². The Balaban J connectivity index is 2.18. The van der Waals surface area contributed by atoms with Crippen LogP contribution in [0.3, 0.4) is 0 Å². The second kappa shape index (κ2) is 5.25. The maximum absolute atomic E-state index is 11.9. The third kappa shape index (κ3) is 2.92. The van der Waals surface area contributed by atoms with Gasteiger partial charge in [-0.1, -0.05) is 6.07 Å². The number of aromatic nitrogens is 3. The molecule has 0 aliphatic carbocycles. The molecule has 0 spiro atoms. The first-order chi connectivity index (χ1) is 9.08. The summed E-state index contributed by atoms with van der Waals surface area (Å²) in [6, 6.07) is 4.39. The van der Waals surface area contributed by atoms with Crippen LogP contribution in [0.5, 0.6) is 0 Å². The lowest BCUT2D eigenvalue weighted by Gasteiger charge is -2.05. The van der Waals surface area contributed by atoms with E-state index in [2.05, 4.69) is 20.5 Å². The Kier molecular flexibility index (Phi) is 3.51. The number of aromatic amines is 1. The van der Waals surface area contributed by atoms with E-state index in [9.17, 15) is 14.9 Å². The molecule has 19 heavy (non-hydrogen) atoms. The van der Waals surface area contributed by atoms with E-state index in [-0.39, 0.29) is 17.8 Å². The Morgan fingerprint density at radius 1 is 1.53 bits per heavy atom. The van der Waals surface area contributed by atoms with Gasteiger partial charge in [0, 0.05) is 6.07 Å². The van der Waals surface area contributed by atoms with E-state index >= 15 is 0 Å². The minimum Gasteiger partial charge on any atom is -0.345 e. The molecule has 2 aromatic rings. The van der Waals surface area contributed by atoms with Gasteiger partial charge in [-0.3, -0.25) is 20.0 Å². The van der Waals surface area contributed by atoms with Crippen LogP contribution in [0.1, 0.15) is 21.7 Å². The van der Waals surface area contributed by atoms with Crippen molar-refractivity contribution in [3.05, 3.63) is 51.6 Å². The molecule has 0 aliphatic heterocycles. The van der Waals surface area contributed by atoms with Crippen LogP contribution in [0.25, 0.3) is 0 Å². The lowest BCUT2D eigenvalue weighted by atomic mass is 10.1. The van der Waals surface area contributed by atoms with Crippen molar-refractivity contribution in [3.63, 3.8) is 0 Å². The monoisotopic (exact) mass is 261 g/mol. The Labute approximate surface area is 108 Å². The average Bonchev–Trinajstić information content (AvgIpc) is 2.88. The third-order valence-corrected chi connectivity index (χ3v) is 2.47. The number of amides is 1. The van der Waals surface area contributed by atoms with Crippen molar-refractivity contribution in [1.82, 2.24) is 20.5 Å². The summed E-state index contributed by atoms with van der Waals surface area (Å²) in [5, 5.41) is 19.6. The first-order valence-electron chi connectivity index (χ1n) is 5.45. The van der Waals surface area contributed by atoms with E-state index in [1.54, 1.807) is 13.0 Å². The van der Waals surface area contributed by atoms with Crippen LogP contribution in [0.2, 0.25) is 0 Å². The van der Waals surface area contributed by atoms with E-state index in [1.807, 2.05) is 0 Å². The number of aryl methyl sites for hydroxylation is 1. The predicted octanol–water partition coefficient (Wildman–Crippen LogP) is 0.951. The molecule has 0 saturated carbocycles. The van der Waals surface area contributed by atoms with Crippen LogP contribution in [-0.2, 0) is 6.54 Å². The van der Waals surface area contributed by atoms with Crippen molar-refractivity contribution >= 4 is 11.6 Å². The second-order valence-electron chi connectivity index (χ2n) is 3.89. The molecule has 0 aliphatic rings. The average molecular weight is 261 g/mol. The molecule has 98 valence electrons. The molecule has 0 bridgehead atoms. The molecule has 1 amide bonds. The zero-order chi connectivity index (χ0) is 13.8. The molecule has 1 heterocycles. The number of nitro groups is 1. The van der Waals surface area contributed by atoms with Crippen LogP contribution in [0.15, 0.2) is 24.5 Å².